The van der Waals surface area contributed by atoms with Crippen LogP contribution in [-0.4, -0.2) is 19.2 Å². The Balaban J connectivity index is 0.729. The monoisotopic (exact) mass is 1000 g/mol. The fourth-order valence-electron chi connectivity index (χ4n) is 10.5. The number of hydrogen-bond donors (Lipinski definition) is 0. The van der Waals surface area contributed by atoms with Crippen LogP contribution in [0.3, 0.4) is 0 Å². The first-order valence-corrected chi connectivity index (χ1v) is 26.3. The zero-order valence-corrected chi connectivity index (χ0v) is 43.1. The highest BCUT2D eigenvalue weighted by molar-refractivity contribution is 5.78. The lowest BCUT2D eigenvalue weighted by Gasteiger charge is -2.38. The highest BCUT2D eigenvalue weighted by Crippen LogP contribution is 2.46. The molecule has 0 spiro atoms. The van der Waals surface area contributed by atoms with Crippen LogP contribution < -0.4 is 28.7 Å². The van der Waals surface area contributed by atoms with E-state index >= 15 is 0 Å². The van der Waals surface area contributed by atoms with Crippen LogP contribution in [0.2, 0.25) is 0 Å². The molecule has 0 saturated heterocycles. The molecule has 0 N–H and O–H groups in total. The molecule has 9 aromatic carbocycles. The summed E-state index contributed by atoms with van der Waals surface area (Å²) in [6.07, 6.45) is 8.43. The van der Waals surface area contributed by atoms with Gasteiger partial charge in [-0.15, -0.1) is 0 Å². The number of benzene rings is 9. The summed E-state index contributed by atoms with van der Waals surface area (Å²) < 4.78 is 22.0. The summed E-state index contributed by atoms with van der Waals surface area (Å²) in [4.78, 5) is 29.1. The average Bonchev–Trinajstić information content (AvgIpc) is 3.49. The van der Waals surface area contributed by atoms with Gasteiger partial charge in [0.25, 0.3) is 0 Å². The standard InChI is InChI=1S/C68H62N2O6/c1-50(71)74-64-40-28-55(29-41-64)68(48-10-5-11-49-68)56-30-42-65(43-31-56)75-67(72)76-66-46-38-62(39-47-66)70(58-14-8-4-9-15-58)60-34-26-54(27-35-60)23-21-52-18-16-51(17-19-52)20-22-53-24-32-59(33-25-53)69(57-12-6-3-7-13-57)61-36-44-63(73-2)45-37-61/h3-4,6-9,12-19,24-47H,5,10-11,20-23,48-49H2,1-2H3. The van der Waals surface area contributed by atoms with Crippen LogP contribution in [0.25, 0.3) is 0 Å². The van der Waals surface area contributed by atoms with Gasteiger partial charge in [0, 0.05) is 46.5 Å². The Morgan fingerprint density at radius 1 is 0.368 bits per heavy atom. The van der Waals surface area contributed by atoms with Gasteiger partial charge in [-0.3, -0.25) is 4.79 Å². The number of anilines is 6. The molecule has 76 heavy (non-hydrogen) atoms. The SMILES string of the molecule is COc1ccc(N(c2ccccc2)c2ccc(CCc3ccc(CCc4ccc(N(c5ccccc5)c5ccc(OC(=O)Oc6ccc(C7(c8ccc(OC(C)=O)cc8)CCCCC7)cc6)cc5)cc4)cc3)cc2)cc1. The third-order valence-electron chi connectivity index (χ3n) is 14.5. The van der Waals surface area contributed by atoms with Gasteiger partial charge in [0.2, 0.25) is 0 Å². The normalized spacial score (nSPS) is 12.8. The van der Waals surface area contributed by atoms with E-state index in [9.17, 15) is 9.59 Å². The summed E-state index contributed by atoms with van der Waals surface area (Å²) in [6.45, 7) is 1.41. The van der Waals surface area contributed by atoms with Gasteiger partial charge in [-0.25, -0.2) is 4.79 Å². The van der Waals surface area contributed by atoms with Crippen molar-refractivity contribution >= 4 is 46.2 Å². The topological polar surface area (TPSA) is 77.5 Å². The molecule has 0 unspecified atom stereocenters. The second kappa shape index (κ2) is 24.0. The lowest BCUT2D eigenvalue weighted by atomic mass is 9.65. The van der Waals surface area contributed by atoms with Crippen molar-refractivity contribution in [2.24, 2.45) is 0 Å². The van der Waals surface area contributed by atoms with Crippen LogP contribution in [-0.2, 0) is 35.9 Å². The molecule has 0 bridgehead atoms. The number of nitrogens with zero attached hydrogens (tertiary/aromatic N) is 2. The number of aryl methyl sites for hydroxylation is 4. The molecule has 10 rings (SSSR count). The Morgan fingerprint density at radius 3 is 1.03 bits per heavy atom. The Labute approximate surface area is 446 Å². The average molecular weight is 1000 g/mol. The van der Waals surface area contributed by atoms with Gasteiger partial charge in [0.05, 0.1) is 7.11 Å². The number of carbonyl (C=O) groups is 2. The summed E-state index contributed by atoms with van der Waals surface area (Å²) in [5.41, 5.74) is 13.6. The molecular formula is C68H62N2O6. The van der Waals surface area contributed by atoms with Gasteiger partial charge in [-0.05, 0) is 193 Å². The van der Waals surface area contributed by atoms with Gasteiger partial charge in [0.15, 0.2) is 0 Å². The molecule has 0 aromatic heterocycles. The van der Waals surface area contributed by atoms with E-state index in [-0.39, 0.29) is 11.4 Å². The fourth-order valence-corrected chi connectivity index (χ4v) is 10.5. The van der Waals surface area contributed by atoms with Crippen LogP contribution in [0.1, 0.15) is 72.4 Å². The molecule has 0 heterocycles. The highest BCUT2D eigenvalue weighted by Gasteiger charge is 2.36. The maximum absolute atomic E-state index is 13.1. The number of methoxy groups -OCH3 is 1. The largest absolute Gasteiger partial charge is 0.519 e. The van der Waals surface area contributed by atoms with Gasteiger partial charge >= 0.3 is 12.1 Å². The molecule has 0 amide bonds. The first-order valence-electron chi connectivity index (χ1n) is 26.3. The molecule has 1 fully saturated rings. The number of rotatable bonds is 18. The molecular weight excluding hydrogens is 941 g/mol. The minimum atomic E-state index is -0.809. The predicted octanol–water partition coefficient (Wildman–Crippen LogP) is 17.0. The maximum atomic E-state index is 13.1. The quantitative estimate of drug-likeness (QED) is 0.0478. The minimum absolute atomic E-state index is 0.177. The summed E-state index contributed by atoms with van der Waals surface area (Å²) in [5.74, 6) is 1.81. The zero-order chi connectivity index (χ0) is 52.1. The molecule has 380 valence electrons. The number of hydrogen-bond acceptors (Lipinski definition) is 8. The van der Waals surface area contributed by atoms with Crippen LogP contribution in [0.5, 0.6) is 23.0 Å². The fraction of sp³-hybridized carbons (Fsp3) is 0.176. The molecule has 1 aliphatic rings. The summed E-state index contributed by atoms with van der Waals surface area (Å²) in [7, 11) is 1.69. The van der Waals surface area contributed by atoms with Crippen LogP contribution in [0, 0.1) is 0 Å². The first-order chi connectivity index (χ1) is 37.3. The van der Waals surface area contributed by atoms with Crippen molar-refractivity contribution in [2.75, 3.05) is 16.9 Å². The zero-order valence-electron chi connectivity index (χ0n) is 43.1. The van der Waals surface area contributed by atoms with Crippen molar-refractivity contribution in [3.8, 4) is 23.0 Å². The van der Waals surface area contributed by atoms with E-state index in [4.69, 9.17) is 18.9 Å². The smallest absolute Gasteiger partial charge is 0.497 e. The number of esters is 1. The van der Waals surface area contributed by atoms with Crippen molar-refractivity contribution < 1.29 is 28.5 Å². The molecule has 0 radical (unpaired) electrons. The van der Waals surface area contributed by atoms with E-state index in [1.807, 2.05) is 84.9 Å². The molecule has 8 heteroatoms. The van der Waals surface area contributed by atoms with Crippen LogP contribution >= 0.6 is 0 Å². The second-order valence-electron chi connectivity index (χ2n) is 19.4. The van der Waals surface area contributed by atoms with E-state index in [0.29, 0.717) is 17.2 Å². The molecule has 1 aliphatic carbocycles. The van der Waals surface area contributed by atoms with Gasteiger partial charge in [-0.2, -0.15) is 0 Å². The molecule has 9 aromatic rings. The summed E-state index contributed by atoms with van der Waals surface area (Å²) in [6, 6.07) is 78.7. The molecule has 1 saturated carbocycles. The Kier molecular flexibility index (Phi) is 16.0. The van der Waals surface area contributed by atoms with Gasteiger partial charge < -0.3 is 28.7 Å². The van der Waals surface area contributed by atoms with E-state index in [2.05, 4.69) is 143 Å². The second-order valence-corrected chi connectivity index (χ2v) is 19.4. The number of ether oxygens (including phenoxy) is 4. The van der Waals surface area contributed by atoms with Crippen LogP contribution in [0.4, 0.5) is 38.9 Å². The van der Waals surface area contributed by atoms with Gasteiger partial charge in [-0.1, -0.05) is 128 Å². The highest BCUT2D eigenvalue weighted by atomic mass is 16.7. The van der Waals surface area contributed by atoms with E-state index in [0.717, 1.165) is 96.8 Å². The van der Waals surface area contributed by atoms with Crippen molar-refractivity contribution in [1.29, 1.82) is 0 Å². The maximum Gasteiger partial charge on any atom is 0.519 e. The van der Waals surface area contributed by atoms with Crippen molar-refractivity contribution in [3.05, 3.63) is 264 Å². The summed E-state index contributed by atoms with van der Waals surface area (Å²) in [5, 5.41) is 0. The van der Waals surface area contributed by atoms with Crippen LogP contribution in [0.15, 0.2) is 231 Å². The summed E-state index contributed by atoms with van der Waals surface area (Å²) >= 11 is 0. The van der Waals surface area contributed by atoms with Crippen molar-refractivity contribution in [1.82, 2.24) is 0 Å². The third-order valence-corrected chi connectivity index (χ3v) is 14.5. The van der Waals surface area contributed by atoms with E-state index < -0.39 is 6.16 Å². The third kappa shape index (κ3) is 12.4. The Bertz CT molecular complexity index is 3290. The predicted molar refractivity (Wildman–Crippen MR) is 305 cm³/mol. The van der Waals surface area contributed by atoms with E-state index in [1.165, 1.54) is 41.2 Å². The molecule has 0 atom stereocenters. The lowest BCUT2D eigenvalue weighted by molar-refractivity contribution is -0.131. The molecule has 0 aliphatic heterocycles. The van der Waals surface area contributed by atoms with Gasteiger partial charge in [0.1, 0.15) is 23.0 Å². The number of para-hydroxylation sites is 2. The first kappa shape index (κ1) is 50.6. The van der Waals surface area contributed by atoms with Crippen molar-refractivity contribution in [3.63, 3.8) is 0 Å². The molecule has 8 nitrogen and oxygen atoms in total. The Morgan fingerprint density at radius 2 is 0.671 bits per heavy atom. The Hall–Kier alpha value is -8.88. The number of carbonyl (C=O) groups excluding carboxylic acids is 2. The van der Waals surface area contributed by atoms with E-state index in [1.54, 1.807) is 19.2 Å². The minimum Gasteiger partial charge on any atom is -0.497 e. The lowest BCUT2D eigenvalue weighted by Crippen LogP contribution is -2.30. The van der Waals surface area contributed by atoms with Crippen molar-refractivity contribution in [2.45, 2.75) is 70.1 Å².